The number of esters is 1. The molecular formula is C15H17NO5S. The minimum atomic E-state index is -1.21. The number of hydrogen-bond acceptors (Lipinski definition) is 5. The second kappa shape index (κ2) is 6.74. The number of carbonyl (C=O) groups is 3. The lowest BCUT2D eigenvalue weighted by atomic mass is 9.88. The highest BCUT2D eigenvalue weighted by Crippen LogP contribution is 2.39. The van der Waals surface area contributed by atoms with E-state index in [1.54, 1.807) is 0 Å². The number of ether oxygens (including phenoxy) is 1. The zero-order valence-electron chi connectivity index (χ0n) is 12.3. The van der Waals surface area contributed by atoms with Crippen LogP contribution in [0.4, 0.5) is 5.00 Å². The van der Waals surface area contributed by atoms with Gasteiger partial charge in [-0.15, -0.1) is 11.3 Å². The molecule has 1 aliphatic carbocycles. The van der Waals surface area contributed by atoms with Crippen LogP contribution in [0.2, 0.25) is 0 Å². The number of aliphatic carboxylic acids is 1. The summed E-state index contributed by atoms with van der Waals surface area (Å²) in [6.45, 7) is 2.15. The van der Waals surface area contributed by atoms with Crippen molar-refractivity contribution in [3.63, 3.8) is 0 Å². The van der Waals surface area contributed by atoms with Crippen molar-refractivity contribution in [2.45, 2.75) is 26.2 Å². The molecule has 0 radical (unpaired) electrons. The summed E-state index contributed by atoms with van der Waals surface area (Å²) in [4.78, 5) is 35.3. The van der Waals surface area contributed by atoms with Gasteiger partial charge < -0.3 is 15.2 Å². The van der Waals surface area contributed by atoms with Crippen molar-refractivity contribution in [3.05, 3.63) is 28.2 Å². The lowest BCUT2D eigenvalue weighted by Gasteiger charge is -2.18. The van der Waals surface area contributed by atoms with E-state index < -0.39 is 17.8 Å². The van der Waals surface area contributed by atoms with E-state index in [1.807, 2.05) is 0 Å². The highest BCUT2D eigenvalue weighted by atomic mass is 32.1. The van der Waals surface area contributed by atoms with Gasteiger partial charge in [-0.25, -0.2) is 9.59 Å². The molecule has 1 amide bonds. The molecule has 22 heavy (non-hydrogen) atoms. The molecule has 1 atom stereocenters. The molecule has 0 spiro atoms. The van der Waals surface area contributed by atoms with Gasteiger partial charge in [0.05, 0.1) is 12.7 Å². The third kappa shape index (κ3) is 3.54. The van der Waals surface area contributed by atoms with E-state index in [4.69, 9.17) is 9.84 Å². The summed E-state index contributed by atoms with van der Waals surface area (Å²) < 4.78 is 4.81. The quantitative estimate of drug-likeness (QED) is 0.655. The number of carboxylic acid groups (broad SMARTS) is 1. The maximum absolute atomic E-state index is 12.0. The SMILES string of the molecule is COC(=O)c1c(NC(=O)/C=C/C(=O)O)sc2c1CC[C@@H](C)C2. The highest BCUT2D eigenvalue weighted by Gasteiger charge is 2.28. The first-order chi connectivity index (χ1) is 10.4. The second-order valence-electron chi connectivity index (χ2n) is 5.21. The van der Waals surface area contributed by atoms with Crippen molar-refractivity contribution in [2.75, 3.05) is 12.4 Å². The number of amides is 1. The number of carbonyl (C=O) groups excluding carboxylic acids is 2. The first kappa shape index (κ1) is 16.2. The average Bonchev–Trinajstić information content (AvgIpc) is 2.81. The molecule has 0 unspecified atom stereocenters. The monoisotopic (exact) mass is 323 g/mol. The molecule has 1 aromatic rings. The van der Waals surface area contributed by atoms with Crippen molar-refractivity contribution in [1.29, 1.82) is 0 Å². The number of rotatable bonds is 4. The smallest absolute Gasteiger partial charge is 0.341 e. The van der Waals surface area contributed by atoms with Crippen LogP contribution in [-0.2, 0) is 27.2 Å². The van der Waals surface area contributed by atoms with Gasteiger partial charge >= 0.3 is 11.9 Å². The fourth-order valence-corrected chi connectivity index (χ4v) is 3.86. The Hall–Kier alpha value is -2.15. The Morgan fingerprint density at radius 1 is 1.36 bits per heavy atom. The Morgan fingerprint density at radius 3 is 2.73 bits per heavy atom. The summed E-state index contributed by atoms with van der Waals surface area (Å²) in [6, 6.07) is 0. The number of methoxy groups -OCH3 is 1. The molecule has 0 bridgehead atoms. The van der Waals surface area contributed by atoms with Gasteiger partial charge in [0.25, 0.3) is 0 Å². The molecule has 1 aromatic heterocycles. The fourth-order valence-electron chi connectivity index (χ4n) is 2.46. The Bertz CT molecular complexity index is 647. The molecule has 0 saturated heterocycles. The van der Waals surface area contributed by atoms with Crippen LogP contribution < -0.4 is 5.32 Å². The molecule has 7 heteroatoms. The molecule has 1 aliphatic rings. The zero-order chi connectivity index (χ0) is 16.3. The topological polar surface area (TPSA) is 92.7 Å². The first-order valence-corrected chi connectivity index (χ1v) is 7.68. The van der Waals surface area contributed by atoms with Crippen LogP contribution >= 0.6 is 11.3 Å². The summed E-state index contributed by atoms with van der Waals surface area (Å²) >= 11 is 1.36. The fraction of sp³-hybridized carbons (Fsp3) is 0.400. The highest BCUT2D eigenvalue weighted by molar-refractivity contribution is 7.17. The molecule has 0 saturated carbocycles. The van der Waals surface area contributed by atoms with E-state index in [0.717, 1.165) is 41.9 Å². The van der Waals surface area contributed by atoms with Gasteiger partial charge in [-0.1, -0.05) is 6.92 Å². The summed E-state index contributed by atoms with van der Waals surface area (Å²) in [5, 5.41) is 11.5. The third-order valence-corrected chi connectivity index (χ3v) is 4.68. The minimum Gasteiger partial charge on any atom is -0.478 e. The van der Waals surface area contributed by atoms with Gasteiger partial charge in [0.2, 0.25) is 5.91 Å². The Morgan fingerprint density at radius 2 is 2.09 bits per heavy atom. The van der Waals surface area contributed by atoms with Crippen LogP contribution in [-0.4, -0.2) is 30.1 Å². The van der Waals surface area contributed by atoms with Crippen LogP contribution in [0.1, 0.15) is 34.1 Å². The van der Waals surface area contributed by atoms with E-state index >= 15 is 0 Å². The number of thiophene rings is 1. The van der Waals surface area contributed by atoms with Gasteiger partial charge in [0, 0.05) is 17.0 Å². The molecule has 118 valence electrons. The van der Waals surface area contributed by atoms with Gasteiger partial charge in [-0.05, 0) is 30.7 Å². The van der Waals surface area contributed by atoms with Crippen LogP contribution in [0.25, 0.3) is 0 Å². The van der Waals surface area contributed by atoms with Crippen molar-refractivity contribution in [2.24, 2.45) is 5.92 Å². The summed E-state index contributed by atoms with van der Waals surface area (Å²) in [6.07, 6.45) is 4.30. The van der Waals surface area contributed by atoms with Gasteiger partial charge in [0.1, 0.15) is 5.00 Å². The summed E-state index contributed by atoms with van der Waals surface area (Å²) in [5.41, 5.74) is 1.33. The van der Waals surface area contributed by atoms with Crippen LogP contribution in [0.3, 0.4) is 0 Å². The van der Waals surface area contributed by atoms with Gasteiger partial charge in [-0.3, -0.25) is 4.79 Å². The predicted octanol–water partition coefficient (Wildman–Crippen LogP) is 2.24. The maximum Gasteiger partial charge on any atom is 0.341 e. The standard InChI is InChI=1S/C15H17NO5S/c1-8-3-4-9-10(7-8)22-14(13(9)15(20)21-2)16-11(17)5-6-12(18)19/h5-6,8H,3-4,7H2,1-2H3,(H,16,17)(H,18,19)/b6-5+/t8-/m1/s1. The number of hydrogen-bond donors (Lipinski definition) is 2. The lowest BCUT2D eigenvalue weighted by Crippen LogP contribution is -2.15. The van der Waals surface area contributed by atoms with Crippen molar-refractivity contribution < 1.29 is 24.2 Å². The van der Waals surface area contributed by atoms with Crippen molar-refractivity contribution >= 4 is 34.2 Å². The predicted molar refractivity (Wildman–Crippen MR) is 82.3 cm³/mol. The van der Waals surface area contributed by atoms with E-state index in [0.29, 0.717) is 16.5 Å². The van der Waals surface area contributed by atoms with Gasteiger partial charge in [-0.2, -0.15) is 0 Å². The molecule has 0 fully saturated rings. The first-order valence-electron chi connectivity index (χ1n) is 6.87. The number of nitrogens with one attached hydrogen (secondary N) is 1. The molecule has 2 rings (SSSR count). The van der Waals surface area contributed by atoms with E-state index in [-0.39, 0.29) is 0 Å². The molecule has 1 heterocycles. The third-order valence-electron chi connectivity index (χ3n) is 3.52. The molecular weight excluding hydrogens is 306 g/mol. The molecule has 2 N–H and O–H groups in total. The number of anilines is 1. The summed E-state index contributed by atoms with van der Waals surface area (Å²) in [7, 11) is 1.30. The van der Waals surface area contributed by atoms with Crippen LogP contribution in [0, 0.1) is 5.92 Å². The summed E-state index contributed by atoms with van der Waals surface area (Å²) in [5.74, 6) is -1.74. The average molecular weight is 323 g/mol. The van der Waals surface area contributed by atoms with E-state index in [9.17, 15) is 14.4 Å². The van der Waals surface area contributed by atoms with Gasteiger partial charge in [0.15, 0.2) is 0 Å². The number of fused-ring (bicyclic) bond motifs is 1. The van der Waals surface area contributed by atoms with Crippen molar-refractivity contribution in [3.8, 4) is 0 Å². The lowest BCUT2D eigenvalue weighted by molar-refractivity contribution is -0.131. The number of carboxylic acids is 1. The largest absolute Gasteiger partial charge is 0.478 e. The Kier molecular flexibility index (Phi) is 4.97. The molecule has 0 aliphatic heterocycles. The normalized spacial score (nSPS) is 17.1. The molecule has 0 aromatic carbocycles. The van der Waals surface area contributed by atoms with Crippen LogP contribution in [0.5, 0.6) is 0 Å². The van der Waals surface area contributed by atoms with Crippen molar-refractivity contribution in [1.82, 2.24) is 0 Å². The molecule has 6 nitrogen and oxygen atoms in total. The Labute approximate surface area is 131 Å². The van der Waals surface area contributed by atoms with E-state index in [2.05, 4.69) is 12.2 Å². The minimum absolute atomic E-state index is 0.395. The van der Waals surface area contributed by atoms with Crippen LogP contribution in [0.15, 0.2) is 12.2 Å². The maximum atomic E-state index is 12.0. The van der Waals surface area contributed by atoms with E-state index in [1.165, 1.54) is 18.4 Å². The Balaban J connectivity index is 2.32. The zero-order valence-corrected chi connectivity index (χ0v) is 13.2. The second-order valence-corrected chi connectivity index (χ2v) is 6.31.